The summed E-state index contributed by atoms with van der Waals surface area (Å²) in [7, 11) is 0. The Labute approximate surface area is 182 Å². The third-order valence-electron chi connectivity index (χ3n) is 5.50. The molecule has 2 aromatic carbocycles. The summed E-state index contributed by atoms with van der Waals surface area (Å²) in [5.74, 6) is -0.104. The van der Waals surface area contributed by atoms with Crippen LogP contribution >= 0.6 is 11.8 Å². The minimum Gasteiger partial charge on any atom is -0.363 e. The number of amides is 1. The zero-order valence-electron chi connectivity index (χ0n) is 18.1. The Morgan fingerprint density at radius 3 is 2.70 bits per heavy atom. The van der Waals surface area contributed by atoms with Gasteiger partial charge in [-0.15, -0.1) is 0 Å². The van der Waals surface area contributed by atoms with E-state index in [9.17, 15) is 4.79 Å². The lowest BCUT2D eigenvalue weighted by molar-refractivity contribution is -0.115. The summed E-state index contributed by atoms with van der Waals surface area (Å²) >= 11 is 1.38. The average molecular weight is 418 g/mol. The predicted octanol–water partition coefficient (Wildman–Crippen LogP) is 5.91. The minimum atomic E-state index is -0.104. The van der Waals surface area contributed by atoms with Crippen molar-refractivity contribution in [2.75, 3.05) is 11.4 Å². The predicted molar refractivity (Wildman–Crippen MR) is 129 cm³/mol. The molecule has 0 aromatic heterocycles. The first-order chi connectivity index (χ1) is 14.3. The number of allylic oxidation sites excluding steroid dienone is 1. The van der Waals surface area contributed by atoms with Crippen molar-refractivity contribution in [1.29, 1.82) is 0 Å². The quantitative estimate of drug-likeness (QED) is 0.632. The Bertz CT molecular complexity index is 1110. The van der Waals surface area contributed by atoms with Crippen LogP contribution in [0.2, 0.25) is 0 Å². The van der Waals surface area contributed by atoms with Gasteiger partial charge in [0.25, 0.3) is 5.91 Å². The lowest BCUT2D eigenvalue weighted by atomic mass is 9.88. The standard InChI is InChI=1S/C25H27N3OS/c1-6-28-21-11-10-18(13-20(21)17(3)15-25(28,4)5)14-22-23(29)27-24(30-22)26-19-9-7-8-16(2)12-19/h7-15H,6H2,1-5H3,(H,26,27,29)/b22-14-. The second-order valence-corrected chi connectivity index (χ2v) is 9.35. The van der Waals surface area contributed by atoms with E-state index in [0.29, 0.717) is 10.1 Å². The number of fused-ring (bicyclic) bond motifs is 1. The fraction of sp³-hybridized carbons (Fsp3) is 0.280. The maximum Gasteiger partial charge on any atom is 0.264 e. The molecular weight excluding hydrogens is 390 g/mol. The van der Waals surface area contributed by atoms with Crippen molar-refractivity contribution in [3.63, 3.8) is 0 Å². The first-order valence-corrected chi connectivity index (χ1v) is 11.1. The summed E-state index contributed by atoms with van der Waals surface area (Å²) in [6.07, 6.45) is 4.27. The van der Waals surface area contributed by atoms with Crippen molar-refractivity contribution in [1.82, 2.24) is 5.32 Å². The minimum absolute atomic E-state index is 0.00579. The van der Waals surface area contributed by atoms with Crippen LogP contribution in [-0.2, 0) is 4.79 Å². The highest BCUT2D eigenvalue weighted by atomic mass is 32.2. The van der Waals surface area contributed by atoms with E-state index in [-0.39, 0.29) is 11.4 Å². The van der Waals surface area contributed by atoms with Crippen molar-refractivity contribution >= 4 is 45.9 Å². The van der Waals surface area contributed by atoms with E-state index >= 15 is 0 Å². The molecule has 1 saturated heterocycles. The molecule has 154 valence electrons. The van der Waals surface area contributed by atoms with Gasteiger partial charge < -0.3 is 10.2 Å². The van der Waals surface area contributed by atoms with Gasteiger partial charge in [-0.05, 0) is 93.4 Å². The molecule has 0 unspecified atom stereocenters. The average Bonchev–Trinajstić information content (AvgIpc) is 3.00. The third kappa shape index (κ3) is 3.94. The van der Waals surface area contributed by atoms with Gasteiger partial charge in [0.05, 0.1) is 16.1 Å². The number of rotatable bonds is 3. The van der Waals surface area contributed by atoms with Gasteiger partial charge in [0.1, 0.15) is 0 Å². The Morgan fingerprint density at radius 1 is 1.17 bits per heavy atom. The number of carbonyl (C=O) groups excluding carboxylic acids is 1. The van der Waals surface area contributed by atoms with Crippen molar-refractivity contribution in [3.8, 4) is 0 Å². The molecule has 2 heterocycles. The number of nitrogens with zero attached hydrogens (tertiary/aromatic N) is 2. The zero-order chi connectivity index (χ0) is 21.5. The van der Waals surface area contributed by atoms with E-state index in [0.717, 1.165) is 23.4 Å². The highest BCUT2D eigenvalue weighted by molar-refractivity contribution is 8.18. The number of aliphatic imine (C=N–C) groups is 1. The van der Waals surface area contributed by atoms with Crippen LogP contribution in [0.15, 0.2) is 58.4 Å². The fourth-order valence-corrected chi connectivity index (χ4v) is 5.06. The van der Waals surface area contributed by atoms with E-state index < -0.39 is 0 Å². The summed E-state index contributed by atoms with van der Waals surface area (Å²) in [5.41, 5.74) is 6.74. The van der Waals surface area contributed by atoms with Crippen LogP contribution in [-0.4, -0.2) is 23.2 Å². The molecule has 2 aliphatic heterocycles. The molecule has 1 N–H and O–H groups in total. The number of hydrogen-bond donors (Lipinski definition) is 1. The molecule has 1 fully saturated rings. The number of amidine groups is 1. The maximum absolute atomic E-state index is 12.5. The van der Waals surface area contributed by atoms with Gasteiger partial charge in [-0.1, -0.05) is 24.3 Å². The van der Waals surface area contributed by atoms with Crippen LogP contribution in [0.5, 0.6) is 0 Å². The van der Waals surface area contributed by atoms with Gasteiger partial charge in [0.15, 0.2) is 5.17 Å². The Balaban J connectivity index is 1.63. The van der Waals surface area contributed by atoms with Crippen molar-refractivity contribution in [2.45, 2.75) is 40.2 Å². The van der Waals surface area contributed by atoms with Gasteiger partial charge in [-0.2, -0.15) is 0 Å². The highest BCUT2D eigenvalue weighted by Gasteiger charge is 2.30. The number of nitrogens with one attached hydrogen (secondary N) is 1. The largest absolute Gasteiger partial charge is 0.363 e. The molecule has 4 rings (SSSR count). The Morgan fingerprint density at radius 2 is 1.97 bits per heavy atom. The number of likely N-dealkylation sites (N-methyl/N-ethyl adjacent to an activating group) is 1. The van der Waals surface area contributed by atoms with Crippen molar-refractivity contribution < 1.29 is 4.79 Å². The number of carbonyl (C=O) groups is 1. The maximum atomic E-state index is 12.5. The molecule has 2 aromatic rings. The lowest BCUT2D eigenvalue weighted by Gasteiger charge is -2.42. The van der Waals surface area contributed by atoms with Crippen LogP contribution in [0.4, 0.5) is 11.4 Å². The summed E-state index contributed by atoms with van der Waals surface area (Å²) in [6, 6.07) is 14.4. The van der Waals surface area contributed by atoms with E-state index in [1.165, 1.54) is 28.6 Å². The summed E-state index contributed by atoms with van der Waals surface area (Å²) < 4.78 is 0. The molecule has 4 nitrogen and oxygen atoms in total. The zero-order valence-corrected chi connectivity index (χ0v) is 18.9. The molecule has 30 heavy (non-hydrogen) atoms. The molecule has 2 aliphatic rings. The summed E-state index contributed by atoms with van der Waals surface area (Å²) in [5, 5.41) is 3.49. The number of aryl methyl sites for hydroxylation is 1. The highest BCUT2D eigenvalue weighted by Crippen LogP contribution is 2.39. The number of hydrogen-bond acceptors (Lipinski definition) is 4. The van der Waals surface area contributed by atoms with Crippen LogP contribution < -0.4 is 10.2 Å². The van der Waals surface area contributed by atoms with Crippen LogP contribution in [0.1, 0.15) is 44.4 Å². The summed E-state index contributed by atoms with van der Waals surface area (Å²) in [4.78, 5) is 20.1. The molecule has 5 heteroatoms. The van der Waals surface area contributed by atoms with Crippen LogP contribution in [0.3, 0.4) is 0 Å². The number of benzene rings is 2. The van der Waals surface area contributed by atoms with Crippen molar-refractivity contribution in [3.05, 3.63) is 70.1 Å². The van der Waals surface area contributed by atoms with E-state index in [2.05, 4.69) is 67.2 Å². The molecule has 0 atom stereocenters. The molecular formula is C25H27N3OS. The summed E-state index contributed by atoms with van der Waals surface area (Å²) in [6.45, 7) is 11.8. The Hall–Kier alpha value is -2.79. The van der Waals surface area contributed by atoms with Gasteiger partial charge >= 0.3 is 0 Å². The van der Waals surface area contributed by atoms with Crippen LogP contribution in [0.25, 0.3) is 11.6 Å². The van der Waals surface area contributed by atoms with E-state index in [1.807, 2.05) is 37.3 Å². The first kappa shape index (κ1) is 20.5. The first-order valence-electron chi connectivity index (χ1n) is 10.2. The monoisotopic (exact) mass is 417 g/mol. The van der Waals surface area contributed by atoms with Gasteiger partial charge in [0.2, 0.25) is 0 Å². The second-order valence-electron chi connectivity index (χ2n) is 8.32. The second kappa shape index (κ2) is 7.80. The fourth-order valence-electron chi connectivity index (χ4n) is 4.22. The van der Waals surface area contributed by atoms with Gasteiger partial charge in [-0.3, -0.25) is 4.79 Å². The number of anilines is 1. The number of thioether (sulfide) groups is 1. The normalized spacial score (nSPS) is 20.4. The molecule has 0 saturated carbocycles. The molecule has 0 spiro atoms. The third-order valence-corrected chi connectivity index (χ3v) is 6.41. The molecule has 0 aliphatic carbocycles. The SMILES string of the molecule is CCN1c2ccc(/C=C3\SC(=Nc4cccc(C)c4)NC3=O)cc2C(C)=CC1(C)C. The lowest BCUT2D eigenvalue weighted by Crippen LogP contribution is -2.44. The smallest absolute Gasteiger partial charge is 0.264 e. The van der Waals surface area contributed by atoms with E-state index in [1.54, 1.807) is 0 Å². The molecule has 0 radical (unpaired) electrons. The van der Waals surface area contributed by atoms with Gasteiger partial charge in [0, 0.05) is 17.8 Å². The molecule has 1 amide bonds. The van der Waals surface area contributed by atoms with Crippen LogP contribution in [0, 0.1) is 6.92 Å². The molecule has 0 bridgehead atoms. The topological polar surface area (TPSA) is 44.7 Å². The van der Waals surface area contributed by atoms with Gasteiger partial charge in [-0.25, -0.2) is 4.99 Å². The van der Waals surface area contributed by atoms with E-state index in [4.69, 9.17) is 0 Å². The van der Waals surface area contributed by atoms with Crippen molar-refractivity contribution in [2.24, 2.45) is 4.99 Å². The Kier molecular flexibility index (Phi) is 5.33.